The van der Waals surface area contributed by atoms with Crippen LogP contribution in [-0.4, -0.2) is 44.2 Å². The fourth-order valence-electron chi connectivity index (χ4n) is 2.71. The van der Waals surface area contributed by atoms with Gasteiger partial charge in [0.15, 0.2) is 0 Å². The Balaban J connectivity index is 0.00000338. The number of likely N-dealkylation sites (N-methyl/N-ethyl adjacent to an activating group) is 1. The van der Waals surface area contributed by atoms with E-state index in [2.05, 4.69) is 0 Å². The van der Waals surface area contributed by atoms with Gasteiger partial charge in [-0.25, -0.2) is 4.79 Å². The Bertz CT molecular complexity index is 620. The molecule has 0 aliphatic heterocycles. The van der Waals surface area contributed by atoms with Gasteiger partial charge < -0.3 is 14.4 Å². The van der Waals surface area contributed by atoms with E-state index in [1.54, 1.807) is 0 Å². The van der Waals surface area contributed by atoms with Crippen LogP contribution in [0.25, 0.3) is 0 Å². The van der Waals surface area contributed by atoms with E-state index in [9.17, 15) is 4.79 Å². The molecule has 26 heavy (non-hydrogen) atoms. The van der Waals surface area contributed by atoms with Gasteiger partial charge in [-0.2, -0.15) is 0 Å². The largest absolute Gasteiger partial charge is 0.462 e. The van der Waals surface area contributed by atoms with Gasteiger partial charge in [0.05, 0.1) is 6.10 Å². The van der Waals surface area contributed by atoms with Crippen LogP contribution in [0.3, 0.4) is 0 Å². The van der Waals surface area contributed by atoms with Crippen molar-refractivity contribution in [3.05, 3.63) is 71.8 Å². The minimum absolute atomic E-state index is 0. The van der Waals surface area contributed by atoms with Crippen molar-refractivity contribution in [1.29, 1.82) is 0 Å². The second-order valence-corrected chi connectivity index (χ2v) is 6.52. The molecule has 0 aliphatic rings. The standard InChI is InChI=1S/C21H27NO3.ClH/c1-17(2)25-21(18-11-7-5-8-12-18,19-13-9-6-10-14-19)20(23)24-16-15-22(3)4;/h5-14,17H,15-16H2,1-4H3;1H. The smallest absolute Gasteiger partial charge is 0.347 e. The topological polar surface area (TPSA) is 38.8 Å². The monoisotopic (exact) mass is 377 g/mol. The first-order valence-electron chi connectivity index (χ1n) is 8.57. The van der Waals surface area contributed by atoms with Crippen LogP contribution in [0.4, 0.5) is 0 Å². The molecular formula is C21H28ClNO3. The summed E-state index contributed by atoms with van der Waals surface area (Å²) in [7, 11) is 3.89. The fourth-order valence-corrected chi connectivity index (χ4v) is 2.71. The highest BCUT2D eigenvalue weighted by molar-refractivity contribution is 5.86. The van der Waals surface area contributed by atoms with E-state index in [4.69, 9.17) is 9.47 Å². The lowest BCUT2D eigenvalue weighted by Crippen LogP contribution is -2.43. The normalized spacial score (nSPS) is 11.3. The third-order valence-corrected chi connectivity index (χ3v) is 3.83. The molecule has 0 spiro atoms. The number of carbonyl (C=O) groups is 1. The minimum Gasteiger partial charge on any atom is -0.462 e. The molecule has 0 fully saturated rings. The van der Waals surface area contributed by atoms with E-state index in [0.717, 1.165) is 11.1 Å². The SMILES string of the molecule is CC(C)OC(C(=O)OCCN(C)C)(c1ccccc1)c1ccccc1.Cl. The van der Waals surface area contributed by atoms with Crippen LogP contribution >= 0.6 is 12.4 Å². The van der Waals surface area contributed by atoms with E-state index in [0.29, 0.717) is 13.2 Å². The number of nitrogens with zero attached hydrogens (tertiary/aromatic N) is 1. The van der Waals surface area contributed by atoms with Gasteiger partial charge in [-0.1, -0.05) is 60.7 Å². The number of halogens is 1. The number of carbonyl (C=O) groups excluding carboxylic acids is 1. The highest BCUT2D eigenvalue weighted by atomic mass is 35.5. The average Bonchev–Trinajstić information content (AvgIpc) is 2.60. The van der Waals surface area contributed by atoms with E-state index in [1.807, 2.05) is 93.5 Å². The van der Waals surface area contributed by atoms with Crippen LogP contribution < -0.4 is 0 Å². The third-order valence-electron chi connectivity index (χ3n) is 3.83. The fraction of sp³-hybridized carbons (Fsp3) is 0.381. The van der Waals surface area contributed by atoms with E-state index in [1.165, 1.54) is 0 Å². The molecule has 0 radical (unpaired) electrons. The number of hydrogen-bond acceptors (Lipinski definition) is 4. The van der Waals surface area contributed by atoms with Crippen molar-refractivity contribution in [2.75, 3.05) is 27.2 Å². The average molecular weight is 378 g/mol. The van der Waals surface area contributed by atoms with Crippen LogP contribution in [0.15, 0.2) is 60.7 Å². The van der Waals surface area contributed by atoms with E-state index < -0.39 is 5.60 Å². The van der Waals surface area contributed by atoms with E-state index in [-0.39, 0.29) is 24.5 Å². The minimum atomic E-state index is -1.27. The van der Waals surface area contributed by atoms with Crippen molar-refractivity contribution in [2.24, 2.45) is 0 Å². The molecule has 0 aromatic heterocycles. The van der Waals surface area contributed by atoms with Gasteiger partial charge in [-0.15, -0.1) is 12.4 Å². The Labute approximate surface area is 162 Å². The summed E-state index contributed by atoms with van der Waals surface area (Å²) in [6.07, 6.45) is -0.151. The molecular weight excluding hydrogens is 350 g/mol. The van der Waals surface area contributed by atoms with Gasteiger partial charge in [0.1, 0.15) is 6.61 Å². The summed E-state index contributed by atoms with van der Waals surface area (Å²) in [5.74, 6) is -0.388. The summed E-state index contributed by atoms with van der Waals surface area (Å²) < 4.78 is 11.9. The molecule has 142 valence electrons. The summed E-state index contributed by atoms with van der Waals surface area (Å²) in [6.45, 7) is 4.82. The van der Waals surface area contributed by atoms with Gasteiger partial charge in [0.25, 0.3) is 0 Å². The molecule has 2 aromatic rings. The Kier molecular flexibility index (Phi) is 8.79. The van der Waals surface area contributed by atoms with Gasteiger partial charge in [-0.05, 0) is 39.1 Å². The van der Waals surface area contributed by atoms with Crippen LogP contribution in [0.1, 0.15) is 25.0 Å². The first-order valence-corrected chi connectivity index (χ1v) is 8.57. The number of esters is 1. The number of rotatable bonds is 8. The zero-order valence-corrected chi connectivity index (χ0v) is 16.7. The highest BCUT2D eigenvalue weighted by Crippen LogP contribution is 2.36. The zero-order valence-electron chi connectivity index (χ0n) is 15.8. The maximum absolute atomic E-state index is 13.2. The molecule has 4 nitrogen and oxygen atoms in total. The predicted octanol–water partition coefficient (Wildman–Crippen LogP) is 3.88. The summed E-state index contributed by atoms with van der Waals surface area (Å²) in [4.78, 5) is 15.2. The van der Waals surface area contributed by atoms with Gasteiger partial charge in [0.2, 0.25) is 5.60 Å². The molecule has 0 bridgehead atoms. The van der Waals surface area contributed by atoms with Crippen LogP contribution in [0.5, 0.6) is 0 Å². The maximum atomic E-state index is 13.2. The summed E-state index contributed by atoms with van der Waals surface area (Å²) in [5.41, 5.74) is 0.262. The van der Waals surface area contributed by atoms with Crippen molar-refractivity contribution in [1.82, 2.24) is 4.90 Å². The lowest BCUT2D eigenvalue weighted by Gasteiger charge is -2.34. The third kappa shape index (κ3) is 5.31. The number of hydrogen-bond donors (Lipinski definition) is 0. The predicted molar refractivity (Wildman–Crippen MR) is 107 cm³/mol. The van der Waals surface area contributed by atoms with Crippen molar-refractivity contribution < 1.29 is 14.3 Å². The first-order chi connectivity index (χ1) is 12.0. The maximum Gasteiger partial charge on any atom is 0.347 e. The first kappa shape index (κ1) is 22.2. The lowest BCUT2D eigenvalue weighted by atomic mass is 9.85. The van der Waals surface area contributed by atoms with Crippen LogP contribution in [-0.2, 0) is 19.9 Å². The number of ether oxygens (including phenoxy) is 2. The summed E-state index contributed by atoms with van der Waals surface area (Å²) in [5, 5.41) is 0. The van der Waals surface area contributed by atoms with Crippen molar-refractivity contribution >= 4 is 18.4 Å². The van der Waals surface area contributed by atoms with Crippen molar-refractivity contribution in [2.45, 2.75) is 25.6 Å². The second kappa shape index (κ2) is 10.3. The molecule has 0 saturated carbocycles. The Morgan fingerprint density at radius 2 is 1.42 bits per heavy atom. The molecule has 0 unspecified atom stereocenters. The molecule has 0 N–H and O–H groups in total. The Morgan fingerprint density at radius 3 is 1.81 bits per heavy atom. The Hall–Kier alpha value is -1.88. The second-order valence-electron chi connectivity index (χ2n) is 6.52. The van der Waals surface area contributed by atoms with Crippen LogP contribution in [0.2, 0.25) is 0 Å². The molecule has 0 heterocycles. The van der Waals surface area contributed by atoms with Crippen molar-refractivity contribution in [3.8, 4) is 0 Å². The van der Waals surface area contributed by atoms with Gasteiger partial charge >= 0.3 is 5.97 Å². The van der Waals surface area contributed by atoms with Gasteiger partial charge in [-0.3, -0.25) is 0 Å². The van der Waals surface area contributed by atoms with E-state index >= 15 is 0 Å². The highest BCUT2D eigenvalue weighted by Gasteiger charge is 2.45. The molecule has 0 atom stereocenters. The molecule has 0 amide bonds. The summed E-state index contributed by atoms with van der Waals surface area (Å²) >= 11 is 0. The van der Waals surface area contributed by atoms with Crippen molar-refractivity contribution in [3.63, 3.8) is 0 Å². The molecule has 2 aromatic carbocycles. The molecule has 0 saturated heterocycles. The molecule has 0 aliphatic carbocycles. The quantitative estimate of drug-likeness (QED) is 0.654. The zero-order chi connectivity index (χ0) is 18.3. The molecule has 2 rings (SSSR count). The number of benzene rings is 2. The van der Waals surface area contributed by atoms with Gasteiger partial charge in [0, 0.05) is 6.54 Å². The molecule has 5 heteroatoms. The Morgan fingerprint density at radius 1 is 0.962 bits per heavy atom. The summed E-state index contributed by atoms with van der Waals surface area (Å²) in [6, 6.07) is 19.1. The van der Waals surface area contributed by atoms with Crippen LogP contribution in [0, 0.1) is 0 Å². The lowest BCUT2D eigenvalue weighted by molar-refractivity contribution is -0.173.